The number of rotatable bonds is 6. The number of hydrogen-bond acceptors (Lipinski definition) is 5. The number of allylic oxidation sites excluding steroid dienone is 2. The Balaban J connectivity index is 2.49. The standard InChI is InChI=1S/C23H36O5/c1-15(10-13-24)8-9-18-14-19(27-16(2)25)20(28-17(3)26)21-22(4,5)11-7-12-23(18,21)6/h10,14,19-21,24H,7-9,11-13H2,1-6H3/b15-10+/t19-,20+,21-,23+/m0/s1. The Morgan fingerprint density at radius 3 is 2.36 bits per heavy atom. The number of aliphatic hydroxyl groups excluding tert-OH is 1. The third-order valence-electron chi connectivity index (χ3n) is 6.63. The summed E-state index contributed by atoms with van der Waals surface area (Å²) in [6.07, 6.45) is 7.71. The molecule has 0 amide bonds. The maximum atomic E-state index is 11.9. The summed E-state index contributed by atoms with van der Waals surface area (Å²) in [6, 6.07) is 0. The minimum atomic E-state index is -0.561. The second kappa shape index (κ2) is 8.81. The van der Waals surface area contributed by atoms with Crippen molar-refractivity contribution in [1.29, 1.82) is 0 Å². The SMILES string of the molecule is CC(=O)O[C@@H]1[C@@H](OC(C)=O)C=C(CC/C(C)=C/CO)[C@@]2(C)CCCC(C)(C)[C@H]12. The van der Waals surface area contributed by atoms with Gasteiger partial charge in [0.15, 0.2) is 6.10 Å². The molecule has 0 heterocycles. The molecule has 0 aliphatic heterocycles. The Hall–Kier alpha value is -1.62. The van der Waals surface area contributed by atoms with E-state index in [1.54, 1.807) is 0 Å². The van der Waals surface area contributed by atoms with Gasteiger partial charge in [-0.3, -0.25) is 9.59 Å². The first kappa shape index (κ1) is 22.7. The van der Waals surface area contributed by atoms with Gasteiger partial charge in [-0.05, 0) is 49.5 Å². The van der Waals surface area contributed by atoms with E-state index in [2.05, 4.69) is 20.8 Å². The van der Waals surface area contributed by atoms with Crippen molar-refractivity contribution in [1.82, 2.24) is 0 Å². The monoisotopic (exact) mass is 392 g/mol. The third-order valence-corrected chi connectivity index (χ3v) is 6.63. The lowest BCUT2D eigenvalue weighted by Crippen LogP contribution is -2.57. The Bertz CT molecular complexity index is 660. The highest BCUT2D eigenvalue weighted by molar-refractivity contribution is 5.68. The van der Waals surface area contributed by atoms with Gasteiger partial charge in [-0.25, -0.2) is 0 Å². The maximum Gasteiger partial charge on any atom is 0.303 e. The molecule has 0 bridgehead atoms. The zero-order valence-electron chi connectivity index (χ0n) is 18.2. The summed E-state index contributed by atoms with van der Waals surface area (Å²) in [6.45, 7) is 11.6. The number of aliphatic hydroxyl groups is 1. The molecule has 1 fully saturated rings. The lowest BCUT2D eigenvalue weighted by atomic mass is 9.49. The van der Waals surface area contributed by atoms with E-state index in [9.17, 15) is 9.59 Å². The van der Waals surface area contributed by atoms with Crippen molar-refractivity contribution in [3.63, 3.8) is 0 Å². The van der Waals surface area contributed by atoms with Crippen LogP contribution in [0.4, 0.5) is 0 Å². The van der Waals surface area contributed by atoms with Crippen LogP contribution in [0.15, 0.2) is 23.3 Å². The van der Waals surface area contributed by atoms with E-state index in [0.717, 1.165) is 37.7 Å². The lowest BCUT2D eigenvalue weighted by molar-refractivity contribution is -0.183. The van der Waals surface area contributed by atoms with Gasteiger partial charge in [-0.1, -0.05) is 44.4 Å². The molecule has 2 aliphatic rings. The van der Waals surface area contributed by atoms with Crippen molar-refractivity contribution >= 4 is 11.9 Å². The lowest BCUT2D eigenvalue weighted by Gasteiger charge is -2.57. The van der Waals surface area contributed by atoms with Gasteiger partial charge >= 0.3 is 11.9 Å². The van der Waals surface area contributed by atoms with Gasteiger partial charge in [0, 0.05) is 19.8 Å². The number of hydrogen-bond donors (Lipinski definition) is 1. The summed E-state index contributed by atoms with van der Waals surface area (Å²) in [5, 5.41) is 9.14. The molecule has 0 aromatic rings. The van der Waals surface area contributed by atoms with E-state index in [4.69, 9.17) is 14.6 Å². The van der Waals surface area contributed by atoms with Crippen molar-refractivity contribution in [2.45, 2.75) is 85.9 Å². The number of carbonyl (C=O) groups excluding carboxylic acids is 2. The second-order valence-corrected chi connectivity index (χ2v) is 9.31. The molecular weight excluding hydrogens is 356 g/mol. The van der Waals surface area contributed by atoms with Gasteiger partial charge < -0.3 is 14.6 Å². The molecule has 0 radical (unpaired) electrons. The molecule has 0 unspecified atom stereocenters. The van der Waals surface area contributed by atoms with Crippen LogP contribution in [0.1, 0.15) is 73.6 Å². The molecule has 1 N–H and O–H groups in total. The van der Waals surface area contributed by atoms with Crippen LogP contribution < -0.4 is 0 Å². The highest BCUT2D eigenvalue weighted by Gasteiger charge is 2.57. The second-order valence-electron chi connectivity index (χ2n) is 9.31. The normalized spacial score (nSPS) is 32.2. The van der Waals surface area contributed by atoms with Gasteiger partial charge in [0.2, 0.25) is 0 Å². The Labute approximate surface area is 169 Å². The van der Waals surface area contributed by atoms with E-state index < -0.39 is 12.2 Å². The van der Waals surface area contributed by atoms with Crippen LogP contribution in [-0.4, -0.2) is 35.9 Å². The highest BCUT2D eigenvalue weighted by Crippen LogP contribution is 2.60. The fraction of sp³-hybridized carbons (Fsp3) is 0.739. The van der Waals surface area contributed by atoms with Crippen LogP contribution in [0.5, 0.6) is 0 Å². The third kappa shape index (κ3) is 4.86. The molecule has 1 saturated carbocycles. The number of fused-ring (bicyclic) bond motifs is 1. The summed E-state index contributed by atoms with van der Waals surface area (Å²) >= 11 is 0. The van der Waals surface area contributed by atoms with E-state index >= 15 is 0 Å². The zero-order valence-corrected chi connectivity index (χ0v) is 18.2. The van der Waals surface area contributed by atoms with Crippen LogP contribution in [-0.2, 0) is 19.1 Å². The van der Waals surface area contributed by atoms with Crippen molar-refractivity contribution in [2.75, 3.05) is 6.61 Å². The minimum Gasteiger partial charge on any atom is -0.458 e. The molecule has 0 aromatic heterocycles. The van der Waals surface area contributed by atoms with Crippen LogP contribution in [0.3, 0.4) is 0 Å². The van der Waals surface area contributed by atoms with Crippen LogP contribution in [0, 0.1) is 16.7 Å². The molecule has 0 saturated heterocycles. The molecule has 4 atom stereocenters. The van der Waals surface area contributed by atoms with Crippen molar-refractivity contribution in [3.8, 4) is 0 Å². The maximum absolute atomic E-state index is 11.9. The van der Waals surface area contributed by atoms with Crippen molar-refractivity contribution < 1.29 is 24.2 Å². The fourth-order valence-corrected chi connectivity index (χ4v) is 5.50. The summed E-state index contributed by atoms with van der Waals surface area (Å²) < 4.78 is 11.4. The molecule has 2 aliphatic carbocycles. The number of carbonyl (C=O) groups is 2. The molecule has 2 rings (SSSR count). The summed E-state index contributed by atoms with van der Waals surface area (Å²) in [5.74, 6) is -0.639. The largest absolute Gasteiger partial charge is 0.458 e. The average Bonchev–Trinajstić information content (AvgIpc) is 2.54. The molecule has 158 valence electrons. The number of esters is 2. The number of ether oxygens (including phenoxy) is 2. The quantitative estimate of drug-likeness (QED) is 0.538. The topological polar surface area (TPSA) is 72.8 Å². The smallest absolute Gasteiger partial charge is 0.303 e. The Kier molecular flexibility index (Phi) is 7.13. The molecule has 5 heteroatoms. The molecule has 0 aromatic carbocycles. The minimum absolute atomic E-state index is 0.0407. The molecular formula is C23H36O5. The average molecular weight is 393 g/mol. The first-order valence-electron chi connectivity index (χ1n) is 10.3. The summed E-state index contributed by atoms with van der Waals surface area (Å²) in [5.41, 5.74) is 2.26. The van der Waals surface area contributed by atoms with Crippen LogP contribution in [0.25, 0.3) is 0 Å². The first-order chi connectivity index (χ1) is 13.0. The van der Waals surface area contributed by atoms with Crippen LogP contribution in [0.2, 0.25) is 0 Å². The van der Waals surface area contributed by atoms with Crippen molar-refractivity contribution in [3.05, 3.63) is 23.3 Å². The van der Waals surface area contributed by atoms with E-state index in [1.807, 2.05) is 19.1 Å². The van der Waals surface area contributed by atoms with E-state index in [-0.39, 0.29) is 35.3 Å². The summed E-state index contributed by atoms with van der Waals surface area (Å²) in [4.78, 5) is 23.7. The predicted molar refractivity (Wildman–Crippen MR) is 108 cm³/mol. The first-order valence-corrected chi connectivity index (χ1v) is 10.3. The van der Waals surface area contributed by atoms with Crippen LogP contribution >= 0.6 is 0 Å². The summed E-state index contributed by atoms with van der Waals surface area (Å²) in [7, 11) is 0. The molecule has 5 nitrogen and oxygen atoms in total. The molecule has 0 spiro atoms. The van der Waals surface area contributed by atoms with Gasteiger partial charge in [-0.15, -0.1) is 0 Å². The van der Waals surface area contributed by atoms with E-state index in [1.165, 1.54) is 19.4 Å². The zero-order chi connectivity index (χ0) is 21.1. The Morgan fingerprint density at radius 2 is 1.79 bits per heavy atom. The van der Waals surface area contributed by atoms with E-state index in [0.29, 0.717) is 0 Å². The predicted octanol–water partition coefficient (Wildman–Crippen LogP) is 4.34. The van der Waals surface area contributed by atoms with Gasteiger partial charge in [0.05, 0.1) is 6.61 Å². The Morgan fingerprint density at radius 1 is 1.14 bits per heavy atom. The fourth-order valence-electron chi connectivity index (χ4n) is 5.50. The van der Waals surface area contributed by atoms with Crippen molar-refractivity contribution in [2.24, 2.45) is 16.7 Å². The van der Waals surface area contributed by atoms with Gasteiger partial charge in [-0.2, -0.15) is 0 Å². The molecule has 28 heavy (non-hydrogen) atoms. The van der Waals surface area contributed by atoms with Gasteiger partial charge in [0.25, 0.3) is 0 Å². The highest BCUT2D eigenvalue weighted by atomic mass is 16.6. The van der Waals surface area contributed by atoms with Gasteiger partial charge in [0.1, 0.15) is 6.10 Å².